The third-order valence-corrected chi connectivity index (χ3v) is 4.47. The average molecular weight is 359 g/mol. The van der Waals surface area contributed by atoms with Crippen molar-refractivity contribution in [2.24, 2.45) is 0 Å². The number of amides is 1. The van der Waals surface area contributed by atoms with Gasteiger partial charge in [0, 0.05) is 51.2 Å². The van der Waals surface area contributed by atoms with Crippen molar-refractivity contribution in [3.8, 4) is 0 Å². The molecule has 8 nitrogen and oxygen atoms in total. The second-order valence-electron chi connectivity index (χ2n) is 6.29. The lowest BCUT2D eigenvalue weighted by Crippen LogP contribution is -2.33. The topological polar surface area (TPSA) is 93.4 Å². The highest BCUT2D eigenvalue weighted by Crippen LogP contribution is 2.22. The zero-order chi connectivity index (χ0) is 18.5. The highest BCUT2D eigenvalue weighted by molar-refractivity contribution is 5.92. The monoisotopic (exact) mass is 359 g/mol. The number of ether oxygens (including phenoxy) is 1. The molecule has 0 spiro atoms. The maximum absolute atomic E-state index is 12.7. The number of aromatic nitrogens is 3. The van der Waals surface area contributed by atoms with Crippen LogP contribution in [0.5, 0.6) is 0 Å². The van der Waals surface area contributed by atoms with Crippen LogP contribution in [-0.2, 0) is 24.0 Å². The summed E-state index contributed by atoms with van der Waals surface area (Å²) in [5.41, 5.74) is 2.45. The van der Waals surface area contributed by atoms with E-state index in [0.717, 1.165) is 35.1 Å². The molecule has 140 valence electrons. The minimum absolute atomic E-state index is 0.0974. The lowest BCUT2D eigenvalue weighted by molar-refractivity contribution is 0.0752. The lowest BCUT2D eigenvalue weighted by Gasteiger charge is -2.18. The number of carbonyl (C=O) groups is 1. The van der Waals surface area contributed by atoms with Gasteiger partial charge in [0.05, 0.1) is 12.3 Å². The summed E-state index contributed by atoms with van der Waals surface area (Å²) in [6, 6.07) is 1.72. The van der Waals surface area contributed by atoms with E-state index in [4.69, 9.17) is 9.26 Å². The molecular weight excluding hydrogens is 334 g/mol. The first-order valence-corrected chi connectivity index (χ1v) is 8.96. The van der Waals surface area contributed by atoms with Crippen LogP contribution in [0.4, 0.5) is 5.82 Å². The number of carbonyl (C=O) groups excluding carboxylic acids is 1. The first-order valence-electron chi connectivity index (χ1n) is 8.96. The number of aryl methyl sites for hydroxylation is 2. The van der Waals surface area contributed by atoms with Gasteiger partial charge >= 0.3 is 0 Å². The third kappa shape index (κ3) is 4.01. The molecule has 0 saturated heterocycles. The number of nitrogens with zero attached hydrogens (tertiary/aromatic N) is 4. The molecule has 8 heteroatoms. The predicted molar refractivity (Wildman–Crippen MR) is 96.3 cm³/mol. The van der Waals surface area contributed by atoms with Crippen LogP contribution in [-0.4, -0.2) is 59.3 Å². The van der Waals surface area contributed by atoms with E-state index >= 15 is 0 Å². The number of fused-ring (bicyclic) bond motifs is 1. The highest BCUT2D eigenvalue weighted by Gasteiger charge is 2.25. The first kappa shape index (κ1) is 18.3. The molecule has 0 radical (unpaired) electrons. The summed E-state index contributed by atoms with van der Waals surface area (Å²) in [6.07, 6.45) is 2.12. The lowest BCUT2D eigenvalue weighted by atomic mass is 10.1. The Morgan fingerprint density at radius 2 is 2.15 bits per heavy atom. The minimum Gasteiger partial charge on any atom is -0.383 e. The second kappa shape index (κ2) is 8.27. The van der Waals surface area contributed by atoms with Gasteiger partial charge in [-0.2, -0.15) is 0 Å². The molecule has 2 aromatic heterocycles. The summed E-state index contributed by atoms with van der Waals surface area (Å²) in [5.74, 6) is 2.19. The zero-order valence-corrected chi connectivity index (χ0v) is 15.5. The number of nitrogens with one attached hydrogen (secondary N) is 1. The Bertz CT molecular complexity index is 774. The van der Waals surface area contributed by atoms with Crippen LogP contribution in [0.2, 0.25) is 0 Å². The number of anilines is 1. The van der Waals surface area contributed by atoms with Crippen LogP contribution in [0.25, 0.3) is 0 Å². The fourth-order valence-electron chi connectivity index (χ4n) is 3.09. The average Bonchev–Trinajstić information content (AvgIpc) is 3.02. The molecule has 26 heavy (non-hydrogen) atoms. The molecule has 0 aromatic carbocycles. The molecule has 1 aliphatic rings. The Kier molecular flexibility index (Phi) is 5.82. The van der Waals surface area contributed by atoms with E-state index in [9.17, 15) is 4.79 Å². The zero-order valence-electron chi connectivity index (χ0n) is 15.5. The van der Waals surface area contributed by atoms with E-state index in [1.165, 1.54) is 0 Å². The van der Waals surface area contributed by atoms with Crippen LogP contribution in [0.15, 0.2) is 10.6 Å². The molecule has 0 fully saturated rings. The molecular formula is C18H25N5O3. The fourth-order valence-corrected chi connectivity index (χ4v) is 3.09. The summed E-state index contributed by atoms with van der Waals surface area (Å²) < 4.78 is 10.3. The molecule has 0 saturated carbocycles. The summed E-state index contributed by atoms with van der Waals surface area (Å²) in [4.78, 5) is 23.7. The summed E-state index contributed by atoms with van der Waals surface area (Å²) in [7, 11) is 1.67. The van der Waals surface area contributed by atoms with Gasteiger partial charge in [-0.25, -0.2) is 9.97 Å². The molecule has 2 aromatic rings. The van der Waals surface area contributed by atoms with Crippen molar-refractivity contribution in [1.29, 1.82) is 0 Å². The Morgan fingerprint density at radius 1 is 1.35 bits per heavy atom. The van der Waals surface area contributed by atoms with E-state index in [2.05, 4.69) is 20.4 Å². The van der Waals surface area contributed by atoms with Gasteiger partial charge in [0.1, 0.15) is 17.4 Å². The van der Waals surface area contributed by atoms with E-state index in [1.54, 1.807) is 13.2 Å². The van der Waals surface area contributed by atoms with Gasteiger partial charge in [-0.1, -0.05) is 12.1 Å². The Morgan fingerprint density at radius 3 is 2.88 bits per heavy atom. The van der Waals surface area contributed by atoms with Crippen LogP contribution >= 0.6 is 0 Å². The van der Waals surface area contributed by atoms with Crippen molar-refractivity contribution in [3.63, 3.8) is 0 Å². The number of methoxy groups -OCH3 is 1. The van der Waals surface area contributed by atoms with Crippen molar-refractivity contribution in [3.05, 3.63) is 34.6 Å². The van der Waals surface area contributed by atoms with Crippen molar-refractivity contribution < 1.29 is 14.1 Å². The van der Waals surface area contributed by atoms with Crippen molar-refractivity contribution >= 4 is 11.7 Å². The predicted octanol–water partition coefficient (Wildman–Crippen LogP) is 1.63. The molecule has 0 aliphatic carbocycles. The normalized spacial score (nSPS) is 14.0. The highest BCUT2D eigenvalue weighted by atomic mass is 16.5. The van der Waals surface area contributed by atoms with E-state index in [1.807, 2.05) is 18.7 Å². The number of hydrogen-bond donors (Lipinski definition) is 1. The fraction of sp³-hybridized carbons (Fsp3) is 0.556. The molecule has 1 aliphatic heterocycles. The van der Waals surface area contributed by atoms with Gasteiger partial charge in [0.2, 0.25) is 0 Å². The molecule has 0 bridgehead atoms. The molecule has 1 amide bonds. The maximum atomic E-state index is 12.7. The van der Waals surface area contributed by atoms with Gasteiger partial charge in [-0.15, -0.1) is 0 Å². The van der Waals surface area contributed by atoms with Gasteiger partial charge in [-0.3, -0.25) is 4.79 Å². The Labute approximate surface area is 152 Å². The van der Waals surface area contributed by atoms with Crippen LogP contribution < -0.4 is 5.32 Å². The Balaban J connectivity index is 1.75. The van der Waals surface area contributed by atoms with Crippen molar-refractivity contribution in [2.45, 2.75) is 33.1 Å². The smallest absolute Gasteiger partial charge is 0.276 e. The maximum Gasteiger partial charge on any atom is 0.276 e. The number of rotatable bonds is 6. The van der Waals surface area contributed by atoms with Crippen LogP contribution in [0.1, 0.15) is 40.3 Å². The standard InChI is InChI=1S/C18H25N5O3/c1-4-13-11-16(22-26-13)18(24)23-8-5-14-15(6-9-23)20-12(2)21-17(14)19-7-10-25-3/h11H,4-10H2,1-3H3,(H,19,20,21). The van der Waals surface area contributed by atoms with E-state index in [-0.39, 0.29) is 5.91 Å². The first-order chi connectivity index (χ1) is 12.6. The molecule has 3 rings (SSSR count). The van der Waals surface area contributed by atoms with Gasteiger partial charge in [-0.05, 0) is 13.3 Å². The second-order valence-corrected chi connectivity index (χ2v) is 6.29. The van der Waals surface area contributed by atoms with E-state index < -0.39 is 0 Å². The van der Waals surface area contributed by atoms with Crippen LogP contribution in [0.3, 0.4) is 0 Å². The van der Waals surface area contributed by atoms with Gasteiger partial charge < -0.3 is 19.5 Å². The van der Waals surface area contributed by atoms with Gasteiger partial charge in [0.15, 0.2) is 5.69 Å². The molecule has 0 atom stereocenters. The number of hydrogen-bond acceptors (Lipinski definition) is 7. The van der Waals surface area contributed by atoms with Crippen molar-refractivity contribution in [1.82, 2.24) is 20.0 Å². The van der Waals surface area contributed by atoms with Crippen molar-refractivity contribution in [2.75, 3.05) is 38.7 Å². The van der Waals surface area contributed by atoms with Crippen LogP contribution in [0, 0.1) is 6.92 Å². The quantitative estimate of drug-likeness (QED) is 0.784. The molecule has 1 N–H and O–H groups in total. The Hall–Kier alpha value is -2.48. The summed E-state index contributed by atoms with van der Waals surface area (Å²) >= 11 is 0. The molecule has 3 heterocycles. The largest absolute Gasteiger partial charge is 0.383 e. The summed E-state index contributed by atoms with van der Waals surface area (Å²) in [6.45, 7) is 6.35. The van der Waals surface area contributed by atoms with E-state index in [0.29, 0.717) is 44.8 Å². The van der Waals surface area contributed by atoms with Gasteiger partial charge in [0.25, 0.3) is 5.91 Å². The molecule has 0 unspecified atom stereocenters. The third-order valence-electron chi connectivity index (χ3n) is 4.47. The SMILES string of the molecule is CCc1cc(C(=O)N2CCc3nc(C)nc(NCCOC)c3CC2)no1. The summed E-state index contributed by atoms with van der Waals surface area (Å²) in [5, 5.41) is 7.23. The minimum atomic E-state index is -0.0974.